The van der Waals surface area contributed by atoms with Crippen molar-refractivity contribution in [2.24, 2.45) is 11.8 Å². The summed E-state index contributed by atoms with van der Waals surface area (Å²) in [6.07, 6.45) is 5.20. The molecule has 0 atom stereocenters. The lowest BCUT2D eigenvalue weighted by Gasteiger charge is -2.27. The van der Waals surface area contributed by atoms with E-state index in [0.29, 0.717) is 17.8 Å². The highest BCUT2D eigenvalue weighted by Gasteiger charge is 2.28. The monoisotopic (exact) mass is 423 g/mol. The number of hydrogen-bond donors (Lipinski definition) is 0. The fourth-order valence-corrected chi connectivity index (χ4v) is 4.17. The van der Waals surface area contributed by atoms with Gasteiger partial charge in [-0.2, -0.15) is 9.49 Å². The van der Waals surface area contributed by atoms with Crippen LogP contribution in [0.1, 0.15) is 48.3 Å². The average molecular weight is 423 g/mol. The van der Waals surface area contributed by atoms with Gasteiger partial charge in [0.05, 0.1) is 12.1 Å². The van der Waals surface area contributed by atoms with Crippen LogP contribution in [0.3, 0.4) is 0 Å². The molecule has 0 aliphatic heterocycles. The van der Waals surface area contributed by atoms with Crippen LogP contribution in [-0.2, 0) is 11.2 Å². The van der Waals surface area contributed by atoms with Crippen molar-refractivity contribution in [3.05, 3.63) is 77.9 Å². The normalized spacial score (nSPS) is 18.6. The minimum absolute atomic E-state index is 0.0581. The van der Waals surface area contributed by atoms with E-state index in [4.69, 9.17) is 0 Å². The summed E-state index contributed by atoms with van der Waals surface area (Å²) in [5, 5.41) is 4.34. The summed E-state index contributed by atoms with van der Waals surface area (Å²) in [6.45, 7) is 0. The van der Waals surface area contributed by atoms with E-state index in [1.165, 1.54) is 28.9 Å². The molecule has 0 unspecified atom stereocenters. The molecule has 0 spiro atoms. The molecule has 0 bridgehead atoms. The van der Waals surface area contributed by atoms with Gasteiger partial charge in [0.2, 0.25) is 5.95 Å². The molecule has 7 heteroatoms. The van der Waals surface area contributed by atoms with Crippen molar-refractivity contribution >= 4 is 11.6 Å². The first-order valence-electron chi connectivity index (χ1n) is 10.5. The van der Waals surface area contributed by atoms with E-state index in [0.717, 1.165) is 25.7 Å². The van der Waals surface area contributed by atoms with Gasteiger partial charge < -0.3 is 0 Å². The van der Waals surface area contributed by atoms with Crippen molar-refractivity contribution in [2.75, 3.05) is 0 Å². The molecule has 1 saturated carbocycles. The molecule has 2 aromatic heterocycles. The summed E-state index contributed by atoms with van der Waals surface area (Å²) in [6, 6.07) is 12.3. The summed E-state index contributed by atoms with van der Waals surface area (Å²) < 4.78 is 28.6. The van der Waals surface area contributed by atoms with Crippen molar-refractivity contribution in [3.8, 4) is 5.69 Å². The van der Waals surface area contributed by atoms with Crippen LogP contribution in [0.4, 0.5) is 8.78 Å². The second-order valence-electron chi connectivity index (χ2n) is 8.04. The minimum atomic E-state index is -0.655. The molecule has 3 aromatic rings. The van der Waals surface area contributed by atoms with Crippen LogP contribution in [-0.4, -0.2) is 26.3 Å². The van der Waals surface area contributed by atoms with Gasteiger partial charge in [-0.3, -0.25) is 9.59 Å². The fraction of sp³-hybridized carbons (Fsp3) is 0.333. The maximum absolute atomic E-state index is 13.9. The highest BCUT2D eigenvalue weighted by atomic mass is 19.1. The van der Waals surface area contributed by atoms with E-state index in [2.05, 4.69) is 10.1 Å². The molecule has 0 saturated heterocycles. The standard InChI is InChI=1S/C24H23F2N3O2/c25-19-4-1-2-6-21(19)29-13-12-18(28-29)15-22(30)17-10-8-16(9-11-17)14-23(31)20-5-3-7-24(26)27-20/h1-7,12-13,16-17H,8-11,14-15H2. The first kappa shape index (κ1) is 21.0. The first-order valence-corrected chi connectivity index (χ1v) is 10.5. The predicted octanol–water partition coefficient (Wildman–Crippen LogP) is 4.74. The molecule has 0 amide bonds. The Bertz CT molecular complexity index is 1090. The number of Topliss-reactive ketones (excluding diaryl/α,β-unsaturated/α-hetero) is 2. The molecule has 1 fully saturated rings. The average Bonchev–Trinajstić information content (AvgIpc) is 3.22. The number of halogens is 2. The van der Waals surface area contributed by atoms with E-state index < -0.39 is 5.95 Å². The lowest BCUT2D eigenvalue weighted by Crippen LogP contribution is -2.24. The third kappa shape index (κ3) is 5.10. The largest absolute Gasteiger partial charge is 0.299 e. The Morgan fingerprint density at radius 2 is 1.74 bits per heavy atom. The Morgan fingerprint density at radius 3 is 2.48 bits per heavy atom. The fourth-order valence-electron chi connectivity index (χ4n) is 4.17. The van der Waals surface area contributed by atoms with Crippen LogP contribution in [0.15, 0.2) is 54.7 Å². The molecular formula is C24H23F2N3O2. The van der Waals surface area contributed by atoms with E-state index >= 15 is 0 Å². The topological polar surface area (TPSA) is 64.8 Å². The first-order chi connectivity index (χ1) is 15.0. The smallest absolute Gasteiger partial charge is 0.213 e. The molecular weight excluding hydrogens is 400 g/mol. The van der Waals surface area contributed by atoms with Crippen molar-refractivity contribution in [3.63, 3.8) is 0 Å². The number of carbonyl (C=O) groups excluding carboxylic acids is 2. The van der Waals surface area contributed by atoms with Gasteiger partial charge in [-0.15, -0.1) is 0 Å². The number of para-hydroxylation sites is 1. The number of rotatable bonds is 7. The minimum Gasteiger partial charge on any atom is -0.299 e. The summed E-state index contributed by atoms with van der Waals surface area (Å²) in [5.74, 6) is -0.940. The number of pyridine rings is 1. The summed E-state index contributed by atoms with van der Waals surface area (Å²) >= 11 is 0. The zero-order valence-electron chi connectivity index (χ0n) is 17.0. The Labute approximate surface area is 179 Å². The molecule has 2 heterocycles. The van der Waals surface area contributed by atoms with E-state index in [1.54, 1.807) is 30.5 Å². The maximum Gasteiger partial charge on any atom is 0.213 e. The van der Waals surface area contributed by atoms with Crippen molar-refractivity contribution in [1.82, 2.24) is 14.8 Å². The van der Waals surface area contributed by atoms with Gasteiger partial charge in [-0.1, -0.05) is 18.2 Å². The Morgan fingerprint density at radius 1 is 0.968 bits per heavy atom. The zero-order chi connectivity index (χ0) is 21.8. The van der Waals surface area contributed by atoms with E-state index in [1.807, 2.05) is 0 Å². The van der Waals surface area contributed by atoms with Crippen LogP contribution in [0.25, 0.3) is 5.69 Å². The van der Waals surface area contributed by atoms with Crippen molar-refractivity contribution < 1.29 is 18.4 Å². The van der Waals surface area contributed by atoms with Gasteiger partial charge in [-0.25, -0.2) is 14.1 Å². The number of benzene rings is 1. The molecule has 1 aromatic carbocycles. The lowest BCUT2D eigenvalue weighted by atomic mass is 9.77. The van der Waals surface area contributed by atoms with E-state index in [-0.39, 0.29) is 41.3 Å². The number of hydrogen-bond acceptors (Lipinski definition) is 4. The molecule has 1 aliphatic carbocycles. The number of ketones is 2. The van der Waals surface area contributed by atoms with Gasteiger partial charge >= 0.3 is 0 Å². The highest BCUT2D eigenvalue weighted by Crippen LogP contribution is 2.32. The van der Waals surface area contributed by atoms with Gasteiger partial charge in [0.1, 0.15) is 23.0 Å². The van der Waals surface area contributed by atoms with Crippen LogP contribution in [0.2, 0.25) is 0 Å². The summed E-state index contributed by atoms with van der Waals surface area (Å²) in [5.41, 5.74) is 1.12. The van der Waals surface area contributed by atoms with Gasteiger partial charge in [0, 0.05) is 18.5 Å². The lowest BCUT2D eigenvalue weighted by molar-refractivity contribution is -0.123. The van der Waals surface area contributed by atoms with Crippen LogP contribution in [0.5, 0.6) is 0 Å². The summed E-state index contributed by atoms with van der Waals surface area (Å²) in [4.78, 5) is 28.7. The quantitative estimate of drug-likeness (QED) is 0.407. The number of nitrogens with zero attached hydrogens (tertiary/aromatic N) is 3. The molecule has 160 valence electrons. The molecule has 5 nitrogen and oxygen atoms in total. The van der Waals surface area contributed by atoms with Gasteiger partial charge in [0.15, 0.2) is 5.78 Å². The van der Waals surface area contributed by atoms with Crippen LogP contribution >= 0.6 is 0 Å². The summed E-state index contributed by atoms with van der Waals surface area (Å²) in [7, 11) is 0. The number of carbonyl (C=O) groups is 2. The van der Waals surface area contributed by atoms with Crippen molar-refractivity contribution in [2.45, 2.75) is 38.5 Å². The van der Waals surface area contributed by atoms with E-state index in [9.17, 15) is 18.4 Å². The third-order valence-electron chi connectivity index (χ3n) is 5.88. The van der Waals surface area contributed by atoms with Gasteiger partial charge in [-0.05, 0) is 61.9 Å². The van der Waals surface area contributed by atoms with Crippen LogP contribution < -0.4 is 0 Å². The van der Waals surface area contributed by atoms with Gasteiger partial charge in [0.25, 0.3) is 0 Å². The highest BCUT2D eigenvalue weighted by molar-refractivity contribution is 5.94. The molecule has 31 heavy (non-hydrogen) atoms. The molecule has 1 aliphatic rings. The Balaban J connectivity index is 1.29. The third-order valence-corrected chi connectivity index (χ3v) is 5.88. The van der Waals surface area contributed by atoms with Crippen LogP contribution in [0, 0.1) is 23.6 Å². The maximum atomic E-state index is 13.9. The molecule has 0 N–H and O–H groups in total. The number of aromatic nitrogens is 3. The molecule has 4 rings (SSSR count). The predicted molar refractivity (Wildman–Crippen MR) is 111 cm³/mol. The van der Waals surface area contributed by atoms with Crippen molar-refractivity contribution in [1.29, 1.82) is 0 Å². The second-order valence-corrected chi connectivity index (χ2v) is 8.04. The zero-order valence-corrected chi connectivity index (χ0v) is 17.0. The molecule has 0 radical (unpaired) electrons. The SMILES string of the molecule is O=C(CC1CCC(C(=O)Cc2ccn(-c3ccccc3F)n2)CC1)c1cccc(F)n1. The second kappa shape index (κ2) is 9.29. The Hall–Kier alpha value is -3.22. The Kier molecular flexibility index (Phi) is 6.30.